The number of hydrogen-bond donors (Lipinski definition) is 1. The molecular formula is C19H26N4O4. The third-order valence-corrected chi connectivity index (χ3v) is 6.35. The van der Waals surface area contributed by atoms with E-state index < -0.39 is 17.5 Å². The van der Waals surface area contributed by atoms with Crippen molar-refractivity contribution in [3.8, 4) is 0 Å². The number of esters is 1. The van der Waals surface area contributed by atoms with Gasteiger partial charge in [-0.05, 0) is 44.1 Å². The van der Waals surface area contributed by atoms with Crippen LogP contribution in [0.2, 0.25) is 0 Å². The SMILES string of the molecule is C[C@H]1CCCC[C@]12NC(=O)N(CC(=O)O[C@@H]1CCC[C@H]1n1cccn1)C2=O. The number of nitrogens with one attached hydrogen (secondary N) is 1. The minimum absolute atomic E-state index is 0.0109. The Kier molecular flexibility index (Phi) is 4.65. The van der Waals surface area contributed by atoms with Gasteiger partial charge in [0.2, 0.25) is 0 Å². The van der Waals surface area contributed by atoms with Gasteiger partial charge < -0.3 is 10.1 Å². The zero-order valence-electron chi connectivity index (χ0n) is 15.6. The summed E-state index contributed by atoms with van der Waals surface area (Å²) in [6.07, 6.45) is 9.39. The Labute approximate surface area is 158 Å². The number of rotatable bonds is 4. The first-order valence-electron chi connectivity index (χ1n) is 9.84. The number of hydrogen-bond acceptors (Lipinski definition) is 5. The number of ether oxygens (including phenoxy) is 1. The van der Waals surface area contributed by atoms with Gasteiger partial charge in [-0.3, -0.25) is 19.2 Å². The monoisotopic (exact) mass is 374 g/mol. The third kappa shape index (κ3) is 3.11. The zero-order chi connectivity index (χ0) is 19.0. The number of carbonyl (C=O) groups excluding carboxylic acids is 3. The summed E-state index contributed by atoms with van der Waals surface area (Å²) < 4.78 is 7.45. The summed E-state index contributed by atoms with van der Waals surface area (Å²) in [5, 5.41) is 7.11. The van der Waals surface area contributed by atoms with Gasteiger partial charge in [-0.25, -0.2) is 4.79 Å². The third-order valence-electron chi connectivity index (χ3n) is 6.35. The van der Waals surface area contributed by atoms with E-state index in [2.05, 4.69) is 10.4 Å². The van der Waals surface area contributed by atoms with E-state index in [-0.39, 0.29) is 30.5 Å². The van der Waals surface area contributed by atoms with Gasteiger partial charge in [0.1, 0.15) is 18.2 Å². The highest BCUT2D eigenvalue weighted by Crippen LogP contribution is 2.38. The molecule has 3 amide bonds. The number of amides is 3. The Bertz CT molecular complexity index is 734. The van der Waals surface area contributed by atoms with Crippen molar-refractivity contribution in [2.45, 2.75) is 69.6 Å². The van der Waals surface area contributed by atoms with Crippen LogP contribution in [0.5, 0.6) is 0 Å². The molecule has 0 aromatic carbocycles. The fourth-order valence-corrected chi connectivity index (χ4v) is 4.80. The average Bonchev–Trinajstić information content (AvgIpc) is 3.35. The van der Waals surface area contributed by atoms with Gasteiger partial charge in [0, 0.05) is 12.4 Å². The van der Waals surface area contributed by atoms with Crippen molar-refractivity contribution in [1.29, 1.82) is 0 Å². The summed E-state index contributed by atoms with van der Waals surface area (Å²) in [6.45, 7) is 1.66. The van der Waals surface area contributed by atoms with Crippen molar-refractivity contribution >= 4 is 17.9 Å². The van der Waals surface area contributed by atoms with E-state index in [1.54, 1.807) is 6.20 Å². The van der Waals surface area contributed by atoms with E-state index in [1.165, 1.54) is 0 Å². The van der Waals surface area contributed by atoms with Crippen LogP contribution in [-0.2, 0) is 14.3 Å². The molecule has 3 fully saturated rings. The van der Waals surface area contributed by atoms with E-state index in [0.717, 1.165) is 43.4 Å². The highest BCUT2D eigenvalue weighted by molar-refractivity contribution is 6.08. The van der Waals surface area contributed by atoms with Crippen LogP contribution in [0.4, 0.5) is 4.79 Å². The lowest BCUT2D eigenvalue weighted by molar-refractivity contribution is -0.154. The second-order valence-electron chi connectivity index (χ2n) is 7.95. The first-order chi connectivity index (χ1) is 13.0. The number of urea groups is 1. The van der Waals surface area contributed by atoms with Crippen molar-refractivity contribution in [2.75, 3.05) is 6.54 Å². The van der Waals surface area contributed by atoms with Crippen LogP contribution < -0.4 is 5.32 Å². The minimum atomic E-state index is -0.847. The standard InChI is InChI=1S/C19H26N4O4/c1-13-6-2-3-9-19(13)17(25)22(18(26)21-19)12-16(24)27-15-8-4-7-14(15)23-11-5-10-20-23/h5,10-11,13-15H,2-4,6-9,12H2,1H3,(H,21,26)/t13-,14+,15+,19-/m0/s1. The van der Waals surface area contributed by atoms with E-state index >= 15 is 0 Å². The van der Waals surface area contributed by atoms with Crippen molar-refractivity contribution in [1.82, 2.24) is 20.0 Å². The molecule has 1 N–H and O–H groups in total. The molecule has 1 saturated heterocycles. The van der Waals surface area contributed by atoms with Gasteiger partial charge in [0.25, 0.3) is 5.91 Å². The summed E-state index contributed by atoms with van der Waals surface area (Å²) in [7, 11) is 0. The highest BCUT2D eigenvalue weighted by atomic mass is 16.5. The average molecular weight is 374 g/mol. The lowest BCUT2D eigenvalue weighted by Crippen LogP contribution is -2.54. The van der Waals surface area contributed by atoms with Crippen LogP contribution in [0, 0.1) is 5.92 Å². The number of carbonyl (C=O) groups is 3. The van der Waals surface area contributed by atoms with Crippen LogP contribution in [0.3, 0.4) is 0 Å². The number of aromatic nitrogens is 2. The maximum Gasteiger partial charge on any atom is 0.326 e. The summed E-state index contributed by atoms with van der Waals surface area (Å²) in [4.78, 5) is 38.9. The van der Waals surface area contributed by atoms with Crippen molar-refractivity contribution in [2.24, 2.45) is 5.92 Å². The molecule has 2 saturated carbocycles. The van der Waals surface area contributed by atoms with E-state index in [1.807, 2.05) is 23.9 Å². The molecule has 8 heteroatoms. The van der Waals surface area contributed by atoms with Crippen LogP contribution >= 0.6 is 0 Å². The lowest BCUT2D eigenvalue weighted by Gasteiger charge is -2.36. The molecule has 0 unspecified atom stereocenters. The van der Waals surface area contributed by atoms with Crippen LogP contribution in [0.1, 0.15) is 57.9 Å². The molecular weight excluding hydrogens is 348 g/mol. The number of imide groups is 1. The van der Waals surface area contributed by atoms with Gasteiger partial charge in [0.05, 0.1) is 6.04 Å². The largest absolute Gasteiger partial charge is 0.459 e. The van der Waals surface area contributed by atoms with Crippen molar-refractivity contribution in [3.05, 3.63) is 18.5 Å². The van der Waals surface area contributed by atoms with Crippen LogP contribution in [0.25, 0.3) is 0 Å². The zero-order valence-corrected chi connectivity index (χ0v) is 15.6. The first-order valence-corrected chi connectivity index (χ1v) is 9.84. The molecule has 2 aliphatic carbocycles. The first kappa shape index (κ1) is 18.0. The molecule has 4 atom stereocenters. The Balaban J connectivity index is 1.41. The second kappa shape index (κ2) is 6.98. The quantitative estimate of drug-likeness (QED) is 0.643. The molecule has 1 aromatic rings. The predicted octanol–water partition coefficient (Wildman–Crippen LogP) is 2.02. The molecule has 8 nitrogen and oxygen atoms in total. The Hall–Kier alpha value is -2.38. The Morgan fingerprint density at radius 1 is 1.30 bits per heavy atom. The summed E-state index contributed by atoms with van der Waals surface area (Å²) >= 11 is 0. The van der Waals surface area contributed by atoms with Crippen molar-refractivity contribution < 1.29 is 19.1 Å². The summed E-state index contributed by atoms with van der Waals surface area (Å²) in [5.41, 5.74) is -0.847. The molecule has 1 aliphatic heterocycles. The van der Waals surface area contributed by atoms with Gasteiger partial charge in [0.15, 0.2) is 0 Å². The molecule has 1 spiro atoms. The Morgan fingerprint density at radius 3 is 2.89 bits per heavy atom. The fourth-order valence-electron chi connectivity index (χ4n) is 4.80. The van der Waals surface area contributed by atoms with Gasteiger partial charge in [-0.15, -0.1) is 0 Å². The molecule has 27 heavy (non-hydrogen) atoms. The molecule has 146 valence electrons. The highest BCUT2D eigenvalue weighted by Gasteiger charge is 2.55. The molecule has 2 heterocycles. The lowest BCUT2D eigenvalue weighted by atomic mass is 9.73. The summed E-state index contributed by atoms with van der Waals surface area (Å²) in [5.74, 6) is -0.752. The molecule has 0 bridgehead atoms. The van der Waals surface area contributed by atoms with E-state index in [4.69, 9.17) is 4.74 Å². The normalized spacial score (nSPS) is 33.5. The topological polar surface area (TPSA) is 93.5 Å². The van der Waals surface area contributed by atoms with E-state index in [9.17, 15) is 14.4 Å². The van der Waals surface area contributed by atoms with Gasteiger partial charge in [-0.1, -0.05) is 19.8 Å². The minimum Gasteiger partial charge on any atom is -0.459 e. The van der Waals surface area contributed by atoms with Crippen LogP contribution in [-0.4, -0.2) is 50.8 Å². The van der Waals surface area contributed by atoms with Gasteiger partial charge in [-0.2, -0.15) is 5.10 Å². The molecule has 4 rings (SSSR count). The maximum atomic E-state index is 12.9. The number of nitrogens with zero attached hydrogens (tertiary/aromatic N) is 3. The van der Waals surface area contributed by atoms with Crippen LogP contribution in [0.15, 0.2) is 18.5 Å². The Morgan fingerprint density at radius 2 is 2.15 bits per heavy atom. The predicted molar refractivity (Wildman–Crippen MR) is 95.6 cm³/mol. The second-order valence-corrected chi connectivity index (χ2v) is 7.95. The molecule has 3 aliphatic rings. The summed E-state index contributed by atoms with van der Waals surface area (Å²) in [6, 6.07) is 1.37. The van der Waals surface area contributed by atoms with Gasteiger partial charge >= 0.3 is 12.0 Å². The van der Waals surface area contributed by atoms with Crippen molar-refractivity contribution in [3.63, 3.8) is 0 Å². The fraction of sp³-hybridized carbons (Fsp3) is 0.684. The molecule has 0 radical (unpaired) electrons. The maximum absolute atomic E-state index is 12.9. The smallest absolute Gasteiger partial charge is 0.326 e. The molecule has 1 aromatic heterocycles. The van der Waals surface area contributed by atoms with E-state index in [0.29, 0.717) is 6.42 Å².